The van der Waals surface area contributed by atoms with Gasteiger partial charge < -0.3 is 19.5 Å². The first-order chi connectivity index (χ1) is 15.5. The van der Waals surface area contributed by atoms with Crippen LogP contribution in [0.4, 0.5) is 5.69 Å². The Labute approximate surface area is 197 Å². The smallest absolute Gasteiger partial charge is 0.338 e. The van der Waals surface area contributed by atoms with Gasteiger partial charge in [-0.25, -0.2) is 4.79 Å². The molecule has 0 atom stereocenters. The van der Waals surface area contributed by atoms with Gasteiger partial charge in [-0.2, -0.15) is 0 Å². The number of benzene rings is 3. The maximum Gasteiger partial charge on any atom is 0.338 e. The molecule has 0 radical (unpaired) electrons. The molecular weight excluding hydrogens is 470 g/mol. The van der Waals surface area contributed by atoms with Crippen molar-refractivity contribution in [3.63, 3.8) is 0 Å². The minimum atomic E-state index is -0.315. The van der Waals surface area contributed by atoms with Crippen molar-refractivity contribution >= 4 is 27.6 Å². The lowest BCUT2D eigenvalue weighted by molar-refractivity contribution is 0.0526. The van der Waals surface area contributed by atoms with Gasteiger partial charge in [0.1, 0.15) is 6.61 Å². The zero-order chi connectivity index (χ0) is 22.9. The van der Waals surface area contributed by atoms with Crippen molar-refractivity contribution in [2.45, 2.75) is 33.9 Å². The van der Waals surface area contributed by atoms with Crippen molar-refractivity contribution in [3.05, 3.63) is 87.4 Å². The number of carbonyl (C=O) groups is 1. The van der Waals surface area contributed by atoms with Gasteiger partial charge in [-0.1, -0.05) is 45.8 Å². The summed E-state index contributed by atoms with van der Waals surface area (Å²) in [6, 6.07) is 19.4. The number of aryl methyl sites for hydroxylation is 1. The molecule has 3 rings (SSSR count). The Hall–Kier alpha value is -2.99. The molecule has 0 aliphatic heterocycles. The number of ether oxygens (including phenoxy) is 3. The largest absolute Gasteiger partial charge is 0.490 e. The number of nitrogens with one attached hydrogen (secondary N) is 1. The summed E-state index contributed by atoms with van der Waals surface area (Å²) < 4.78 is 17.8. The summed E-state index contributed by atoms with van der Waals surface area (Å²) >= 11 is 3.65. The fraction of sp³-hybridized carbons (Fsp3) is 0.269. The van der Waals surface area contributed by atoms with E-state index in [0.29, 0.717) is 43.4 Å². The standard InChI is InChI=1S/C26H28BrNO4/c1-4-30-24-14-21(16-28-22-12-10-20(11-13-22)26(29)31-5-2)23(27)15-25(24)32-17-19-8-6-18(3)7-9-19/h6-15,28H,4-5,16-17H2,1-3H3. The first-order valence-corrected chi connectivity index (χ1v) is 11.4. The molecule has 0 bridgehead atoms. The first-order valence-electron chi connectivity index (χ1n) is 10.6. The zero-order valence-corrected chi connectivity index (χ0v) is 20.2. The van der Waals surface area contributed by atoms with Gasteiger partial charge in [0, 0.05) is 16.7 Å². The Morgan fingerprint density at radius 1 is 0.906 bits per heavy atom. The summed E-state index contributed by atoms with van der Waals surface area (Å²) in [6.07, 6.45) is 0. The van der Waals surface area contributed by atoms with E-state index in [0.717, 1.165) is 21.3 Å². The number of hydrogen-bond acceptors (Lipinski definition) is 5. The first kappa shape index (κ1) is 23.7. The Bertz CT molecular complexity index is 1030. The van der Waals surface area contributed by atoms with Crippen LogP contribution in [0.25, 0.3) is 0 Å². The highest BCUT2D eigenvalue weighted by Crippen LogP contribution is 2.35. The Morgan fingerprint density at radius 3 is 2.25 bits per heavy atom. The lowest BCUT2D eigenvalue weighted by atomic mass is 10.1. The number of anilines is 1. The van der Waals surface area contributed by atoms with E-state index in [1.54, 1.807) is 19.1 Å². The number of rotatable bonds is 10. The van der Waals surface area contributed by atoms with Crippen LogP contribution in [0.3, 0.4) is 0 Å². The number of hydrogen-bond donors (Lipinski definition) is 1. The van der Waals surface area contributed by atoms with E-state index in [4.69, 9.17) is 14.2 Å². The van der Waals surface area contributed by atoms with Crippen molar-refractivity contribution in [2.75, 3.05) is 18.5 Å². The highest BCUT2D eigenvalue weighted by Gasteiger charge is 2.12. The molecule has 32 heavy (non-hydrogen) atoms. The highest BCUT2D eigenvalue weighted by atomic mass is 79.9. The molecule has 0 amide bonds. The molecule has 3 aromatic rings. The van der Waals surface area contributed by atoms with Crippen molar-refractivity contribution in [3.8, 4) is 11.5 Å². The molecule has 6 heteroatoms. The summed E-state index contributed by atoms with van der Waals surface area (Å²) in [5.74, 6) is 1.09. The SMILES string of the molecule is CCOC(=O)c1ccc(NCc2cc(OCC)c(OCc3ccc(C)cc3)cc2Br)cc1. The Kier molecular flexibility index (Phi) is 8.56. The van der Waals surface area contributed by atoms with Crippen LogP contribution in [0.15, 0.2) is 65.1 Å². The van der Waals surface area contributed by atoms with E-state index in [-0.39, 0.29) is 5.97 Å². The van der Waals surface area contributed by atoms with Crippen LogP contribution in [0, 0.1) is 6.92 Å². The summed E-state index contributed by atoms with van der Waals surface area (Å²) in [5, 5.41) is 3.37. The van der Waals surface area contributed by atoms with Crippen LogP contribution < -0.4 is 14.8 Å². The van der Waals surface area contributed by atoms with Crippen molar-refractivity contribution in [2.24, 2.45) is 0 Å². The van der Waals surface area contributed by atoms with Gasteiger partial charge in [-0.15, -0.1) is 0 Å². The Morgan fingerprint density at radius 2 is 1.59 bits per heavy atom. The minimum Gasteiger partial charge on any atom is -0.490 e. The van der Waals surface area contributed by atoms with E-state index in [9.17, 15) is 4.79 Å². The fourth-order valence-corrected chi connectivity index (χ4v) is 3.54. The lowest BCUT2D eigenvalue weighted by Crippen LogP contribution is -2.06. The second-order valence-corrected chi connectivity index (χ2v) is 8.10. The van der Waals surface area contributed by atoms with Crippen LogP contribution in [-0.4, -0.2) is 19.2 Å². The molecule has 3 aromatic carbocycles. The van der Waals surface area contributed by atoms with Crippen molar-refractivity contribution < 1.29 is 19.0 Å². The summed E-state index contributed by atoms with van der Waals surface area (Å²) in [7, 11) is 0. The lowest BCUT2D eigenvalue weighted by Gasteiger charge is -2.16. The quantitative estimate of drug-likeness (QED) is 0.323. The number of halogens is 1. The molecule has 1 N–H and O–H groups in total. The molecule has 0 spiro atoms. The normalized spacial score (nSPS) is 10.5. The molecule has 0 saturated carbocycles. The van der Waals surface area contributed by atoms with Gasteiger partial charge in [0.05, 0.1) is 18.8 Å². The van der Waals surface area contributed by atoms with Crippen LogP contribution >= 0.6 is 15.9 Å². The summed E-state index contributed by atoms with van der Waals surface area (Å²) in [4.78, 5) is 11.8. The second kappa shape index (κ2) is 11.6. The maximum atomic E-state index is 11.8. The van der Waals surface area contributed by atoms with Crippen LogP contribution in [0.1, 0.15) is 40.9 Å². The van der Waals surface area contributed by atoms with Crippen molar-refractivity contribution in [1.29, 1.82) is 0 Å². The fourth-order valence-electron chi connectivity index (χ4n) is 3.08. The van der Waals surface area contributed by atoms with Crippen molar-refractivity contribution in [1.82, 2.24) is 0 Å². The third kappa shape index (κ3) is 6.50. The summed E-state index contributed by atoms with van der Waals surface area (Å²) in [5.41, 5.74) is 4.80. The predicted molar refractivity (Wildman–Crippen MR) is 131 cm³/mol. The minimum absolute atomic E-state index is 0.315. The van der Waals surface area contributed by atoms with E-state index in [1.165, 1.54) is 5.56 Å². The molecule has 0 aliphatic carbocycles. The van der Waals surface area contributed by atoms with Crippen LogP contribution in [0.5, 0.6) is 11.5 Å². The molecule has 0 aromatic heterocycles. The Balaban J connectivity index is 1.68. The number of carbonyl (C=O) groups excluding carboxylic acids is 1. The van der Waals surface area contributed by atoms with Crippen LogP contribution in [0.2, 0.25) is 0 Å². The molecule has 0 aliphatic rings. The van der Waals surface area contributed by atoms with Gasteiger partial charge >= 0.3 is 5.97 Å². The third-order valence-electron chi connectivity index (χ3n) is 4.81. The highest BCUT2D eigenvalue weighted by molar-refractivity contribution is 9.10. The third-order valence-corrected chi connectivity index (χ3v) is 5.54. The van der Waals surface area contributed by atoms with Gasteiger partial charge in [0.15, 0.2) is 11.5 Å². The average molecular weight is 498 g/mol. The van der Waals surface area contributed by atoms with E-state index in [1.807, 2.05) is 31.2 Å². The zero-order valence-electron chi connectivity index (χ0n) is 18.6. The topological polar surface area (TPSA) is 56.8 Å². The maximum absolute atomic E-state index is 11.8. The molecule has 168 valence electrons. The van der Waals surface area contributed by atoms with Crippen LogP contribution in [-0.2, 0) is 17.9 Å². The van der Waals surface area contributed by atoms with E-state index in [2.05, 4.69) is 52.4 Å². The van der Waals surface area contributed by atoms with Gasteiger partial charge in [0.25, 0.3) is 0 Å². The molecule has 0 unspecified atom stereocenters. The van der Waals surface area contributed by atoms with E-state index >= 15 is 0 Å². The van der Waals surface area contributed by atoms with E-state index < -0.39 is 0 Å². The predicted octanol–water partition coefficient (Wildman–Crippen LogP) is 6.52. The monoisotopic (exact) mass is 497 g/mol. The molecule has 0 saturated heterocycles. The van der Waals surface area contributed by atoms with Gasteiger partial charge in [-0.05, 0) is 68.3 Å². The second-order valence-electron chi connectivity index (χ2n) is 7.25. The van der Waals surface area contributed by atoms with Gasteiger partial charge in [-0.3, -0.25) is 0 Å². The van der Waals surface area contributed by atoms with Gasteiger partial charge in [0.2, 0.25) is 0 Å². The molecular formula is C26H28BrNO4. The summed E-state index contributed by atoms with van der Waals surface area (Å²) in [6.45, 7) is 7.77. The molecule has 0 heterocycles. The number of esters is 1. The average Bonchev–Trinajstić information content (AvgIpc) is 2.80. The molecule has 0 fully saturated rings. The molecule has 5 nitrogen and oxygen atoms in total.